The molecule has 3 atom stereocenters. The van der Waals surface area contributed by atoms with Crippen LogP contribution < -0.4 is 5.32 Å². The summed E-state index contributed by atoms with van der Waals surface area (Å²) < 4.78 is 2.05. The fourth-order valence-corrected chi connectivity index (χ4v) is 4.95. The van der Waals surface area contributed by atoms with E-state index in [9.17, 15) is 5.11 Å². The van der Waals surface area contributed by atoms with Crippen molar-refractivity contribution in [2.24, 2.45) is 11.8 Å². The number of aliphatic hydroxyl groups is 1. The molecule has 3 fully saturated rings. The van der Waals surface area contributed by atoms with Crippen molar-refractivity contribution >= 4 is 17.1 Å². The molecule has 0 aromatic carbocycles. The molecule has 128 valence electrons. The summed E-state index contributed by atoms with van der Waals surface area (Å²) in [6.07, 6.45) is 10.5. The number of nitrogens with one attached hydrogen (secondary N) is 1. The molecule has 0 amide bonds. The van der Waals surface area contributed by atoms with Crippen molar-refractivity contribution in [2.75, 3.05) is 5.32 Å². The average Bonchev–Trinajstić information content (AvgIpc) is 3.31. The normalized spacial score (nSPS) is 35.6. The second-order valence-electron chi connectivity index (χ2n) is 7.83. The fraction of sp³-hybridized carbons (Fsp3) is 0.765. The molecule has 2 aromatic heterocycles. The number of nitrogens with zero attached hydrogens (tertiary/aromatic N) is 5. The first-order chi connectivity index (χ1) is 11.8. The lowest BCUT2D eigenvalue weighted by Gasteiger charge is -2.26. The molecule has 3 unspecified atom stereocenters. The van der Waals surface area contributed by atoms with Crippen LogP contribution in [0, 0.1) is 11.8 Å². The average molecular weight is 328 g/mol. The highest BCUT2D eigenvalue weighted by molar-refractivity contribution is 5.70. The van der Waals surface area contributed by atoms with Crippen LogP contribution in [0.15, 0.2) is 6.20 Å². The number of aromatic nitrogens is 5. The molecule has 3 aliphatic carbocycles. The van der Waals surface area contributed by atoms with Crippen LogP contribution in [0.25, 0.3) is 11.2 Å². The minimum atomic E-state index is -0.144. The molecule has 7 nitrogen and oxygen atoms in total. The summed E-state index contributed by atoms with van der Waals surface area (Å²) in [6.45, 7) is 0. The lowest BCUT2D eigenvalue weighted by molar-refractivity contribution is 0.126. The molecule has 0 radical (unpaired) electrons. The molecule has 3 aliphatic rings. The first-order valence-electron chi connectivity index (χ1n) is 9.29. The fourth-order valence-electron chi connectivity index (χ4n) is 4.95. The van der Waals surface area contributed by atoms with Gasteiger partial charge in [0.25, 0.3) is 0 Å². The molecule has 0 aliphatic heterocycles. The Morgan fingerprint density at radius 3 is 2.71 bits per heavy atom. The van der Waals surface area contributed by atoms with Gasteiger partial charge in [-0.15, -0.1) is 5.10 Å². The van der Waals surface area contributed by atoms with E-state index in [0.717, 1.165) is 48.7 Å². The summed E-state index contributed by atoms with van der Waals surface area (Å²) in [7, 11) is 0. The topological polar surface area (TPSA) is 88.8 Å². The number of fused-ring (bicyclic) bond motifs is 3. The van der Waals surface area contributed by atoms with Gasteiger partial charge in [0.05, 0.1) is 18.3 Å². The predicted octanol–water partition coefficient (Wildman–Crippen LogP) is 2.30. The number of anilines is 1. The second-order valence-corrected chi connectivity index (χ2v) is 7.83. The molecule has 0 spiro atoms. The van der Waals surface area contributed by atoms with Gasteiger partial charge >= 0.3 is 0 Å². The van der Waals surface area contributed by atoms with Crippen molar-refractivity contribution in [3.8, 4) is 0 Å². The van der Waals surface area contributed by atoms with Crippen LogP contribution in [0.1, 0.15) is 57.4 Å². The van der Waals surface area contributed by atoms with Gasteiger partial charge in [-0.1, -0.05) is 11.6 Å². The molecule has 2 aromatic rings. The maximum Gasteiger partial charge on any atom is 0.225 e. The quantitative estimate of drug-likeness (QED) is 0.899. The molecule has 0 saturated heterocycles. The van der Waals surface area contributed by atoms with E-state index in [4.69, 9.17) is 4.98 Å². The lowest BCUT2D eigenvalue weighted by atomic mass is 9.93. The standard InChI is InChI=1S/C17H24N6O/c24-13-5-3-12(4-6-13)19-17-18-9-14-16(20-17)23(22-21-14)15-8-10-1-2-11(15)7-10/h9-13,15,24H,1-8H2,(H,18,19,20). The van der Waals surface area contributed by atoms with Crippen molar-refractivity contribution in [3.63, 3.8) is 0 Å². The van der Waals surface area contributed by atoms with Crippen molar-refractivity contribution in [1.82, 2.24) is 25.0 Å². The largest absolute Gasteiger partial charge is 0.393 e. The van der Waals surface area contributed by atoms with E-state index in [1.54, 1.807) is 6.20 Å². The Bertz CT molecular complexity index is 738. The molecule has 2 heterocycles. The molecule has 5 rings (SSSR count). The van der Waals surface area contributed by atoms with Crippen LogP contribution in [-0.4, -0.2) is 42.2 Å². The van der Waals surface area contributed by atoms with Gasteiger partial charge in [0.2, 0.25) is 5.95 Å². The first-order valence-corrected chi connectivity index (χ1v) is 9.29. The highest BCUT2D eigenvalue weighted by Gasteiger charge is 2.41. The van der Waals surface area contributed by atoms with E-state index in [-0.39, 0.29) is 6.10 Å². The number of hydrogen-bond donors (Lipinski definition) is 2. The number of aliphatic hydroxyl groups excluding tert-OH is 1. The molecule has 7 heteroatoms. The van der Waals surface area contributed by atoms with Gasteiger partial charge in [-0.3, -0.25) is 0 Å². The summed E-state index contributed by atoms with van der Waals surface area (Å²) in [5, 5.41) is 21.7. The van der Waals surface area contributed by atoms with Crippen molar-refractivity contribution in [1.29, 1.82) is 0 Å². The van der Waals surface area contributed by atoms with Crippen LogP contribution >= 0.6 is 0 Å². The van der Waals surface area contributed by atoms with Crippen LogP contribution in [0.3, 0.4) is 0 Å². The van der Waals surface area contributed by atoms with Crippen LogP contribution in [0.5, 0.6) is 0 Å². The number of hydrogen-bond acceptors (Lipinski definition) is 6. The Morgan fingerprint density at radius 1 is 1.08 bits per heavy atom. The highest BCUT2D eigenvalue weighted by atomic mass is 16.3. The Morgan fingerprint density at radius 2 is 1.96 bits per heavy atom. The zero-order valence-electron chi connectivity index (χ0n) is 13.8. The van der Waals surface area contributed by atoms with Crippen LogP contribution in [-0.2, 0) is 0 Å². The third kappa shape index (κ3) is 2.46. The van der Waals surface area contributed by atoms with E-state index in [1.807, 2.05) is 0 Å². The summed E-state index contributed by atoms with van der Waals surface area (Å²) in [5.41, 5.74) is 1.64. The van der Waals surface area contributed by atoms with Gasteiger partial charge in [-0.05, 0) is 56.8 Å². The highest BCUT2D eigenvalue weighted by Crippen LogP contribution is 2.50. The summed E-state index contributed by atoms with van der Waals surface area (Å²) >= 11 is 0. The van der Waals surface area contributed by atoms with Gasteiger partial charge in [-0.2, -0.15) is 4.98 Å². The molecular formula is C17H24N6O. The Balaban J connectivity index is 1.39. The molecule has 24 heavy (non-hydrogen) atoms. The maximum atomic E-state index is 9.64. The van der Waals surface area contributed by atoms with Crippen molar-refractivity contribution in [3.05, 3.63) is 6.20 Å². The minimum absolute atomic E-state index is 0.144. The van der Waals surface area contributed by atoms with E-state index in [0.29, 0.717) is 18.0 Å². The van der Waals surface area contributed by atoms with Gasteiger partial charge in [0, 0.05) is 6.04 Å². The van der Waals surface area contributed by atoms with Crippen LogP contribution in [0.4, 0.5) is 5.95 Å². The van der Waals surface area contributed by atoms with Crippen molar-refractivity contribution in [2.45, 2.75) is 69.6 Å². The van der Waals surface area contributed by atoms with E-state index < -0.39 is 0 Å². The Kier molecular flexibility index (Phi) is 3.43. The molecular weight excluding hydrogens is 304 g/mol. The molecule has 2 N–H and O–H groups in total. The Labute approximate surface area is 140 Å². The first kappa shape index (κ1) is 14.6. The predicted molar refractivity (Wildman–Crippen MR) is 89.5 cm³/mol. The third-order valence-corrected chi connectivity index (χ3v) is 6.26. The zero-order chi connectivity index (χ0) is 16.1. The maximum absolute atomic E-state index is 9.64. The van der Waals surface area contributed by atoms with Gasteiger partial charge in [0.15, 0.2) is 11.2 Å². The molecule has 3 saturated carbocycles. The smallest absolute Gasteiger partial charge is 0.225 e. The monoisotopic (exact) mass is 328 g/mol. The van der Waals surface area contributed by atoms with Crippen LogP contribution in [0.2, 0.25) is 0 Å². The summed E-state index contributed by atoms with van der Waals surface area (Å²) in [6, 6.07) is 0.805. The second kappa shape index (κ2) is 5.65. The van der Waals surface area contributed by atoms with E-state index in [2.05, 4.69) is 25.3 Å². The summed E-state index contributed by atoms with van der Waals surface area (Å²) in [4.78, 5) is 9.14. The van der Waals surface area contributed by atoms with E-state index >= 15 is 0 Å². The SMILES string of the molecule is OC1CCC(Nc2ncc3nnn(C4CC5CCC4C5)c3n2)CC1. The minimum Gasteiger partial charge on any atom is -0.393 e. The van der Waals surface area contributed by atoms with E-state index in [1.165, 1.54) is 25.7 Å². The van der Waals surface area contributed by atoms with Crippen molar-refractivity contribution < 1.29 is 5.11 Å². The third-order valence-electron chi connectivity index (χ3n) is 6.26. The Hall–Kier alpha value is -1.76. The summed E-state index contributed by atoms with van der Waals surface area (Å²) in [5.74, 6) is 2.27. The number of rotatable bonds is 3. The van der Waals surface area contributed by atoms with Gasteiger partial charge < -0.3 is 10.4 Å². The lowest BCUT2D eigenvalue weighted by Crippen LogP contribution is -2.29. The molecule has 2 bridgehead atoms. The zero-order valence-corrected chi connectivity index (χ0v) is 13.8. The van der Waals surface area contributed by atoms with Gasteiger partial charge in [-0.25, -0.2) is 9.67 Å². The van der Waals surface area contributed by atoms with Gasteiger partial charge in [0.1, 0.15) is 0 Å².